The summed E-state index contributed by atoms with van der Waals surface area (Å²) in [5.41, 5.74) is 1.03. The van der Waals surface area contributed by atoms with Gasteiger partial charge in [-0.1, -0.05) is 22.0 Å². The van der Waals surface area contributed by atoms with Crippen LogP contribution in [0.3, 0.4) is 0 Å². The lowest BCUT2D eigenvalue weighted by atomic mass is 10.0. The van der Waals surface area contributed by atoms with Gasteiger partial charge in [-0.2, -0.15) is 0 Å². The maximum Gasteiger partial charge on any atom is 0.338 e. The van der Waals surface area contributed by atoms with Crippen LogP contribution in [0.25, 0.3) is 0 Å². The summed E-state index contributed by atoms with van der Waals surface area (Å²) in [6.07, 6.45) is 0.198. The van der Waals surface area contributed by atoms with Crippen molar-refractivity contribution in [3.63, 3.8) is 0 Å². The number of rotatable bonds is 6. The first-order valence-electron chi connectivity index (χ1n) is 5.54. The number of ketones is 1. The fourth-order valence-electron chi connectivity index (χ4n) is 1.50. The number of carbonyl (C=O) groups excluding carboxylic acids is 2. The molecule has 0 fully saturated rings. The van der Waals surface area contributed by atoms with E-state index in [0.29, 0.717) is 23.5 Å². The van der Waals surface area contributed by atoms with Crippen LogP contribution in [0.15, 0.2) is 18.2 Å². The Balaban J connectivity index is 3.07. The van der Waals surface area contributed by atoms with Gasteiger partial charge >= 0.3 is 5.97 Å². The van der Waals surface area contributed by atoms with E-state index in [0.717, 1.165) is 0 Å². The van der Waals surface area contributed by atoms with E-state index < -0.39 is 5.97 Å². The van der Waals surface area contributed by atoms with E-state index in [-0.39, 0.29) is 17.5 Å². The van der Waals surface area contributed by atoms with E-state index in [1.165, 1.54) is 7.11 Å². The van der Waals surface area contributed by atoms with Crippen LogP contribution >= 0.6 is 15.9 Å². The van der Waals surface area contributed by atoms with E-state index in [4.69, 9.17) is 9.47 Å². The zero-order valence-electron chi connectivity index (χ0n) is 10.4. The van der Waals surface area contributed by atoms with Gasteiger partial charge in [0.1, 0.15) is 11.5 Å². The fraction of sp³-hybridized carbons (Fsp3) is 0.385. The van der Waals surface area contributed by atoms with Crippen LogP contribution in [0.5, 0.6) is 5.75 Å². The van der Waals surface area contributed by atoms with Gasteiger partial charge in [0.15, 0.2) is 0 Å². The first-order chi connectivity index (χ1) is 8.62. The van der Waals surface area contributed by atoms with Crippen LogP contribution in [0.4, 0.5) is 0 Å². The Kier molecular flexibility index (Phi) is 5.85. The van der Waals surface area contributed by atoms with Gasteiger partial charge in [0.2, 0.25) is 0 Å². The van der Waals surface area contributed by atoms with E-state index in [2.05, 4.69) is 15.9 Å². The molecule has 5 heteroatoms. The highest BCUT2D eigenvalue weighted by atomic mass is 79.9. The molecule has 0 amide bonds. The number of Topliss-reactive ketones (excluding diaryl/α,β-unsaturated/α-hetero) is 1. The first kappa shape index (κ1) is 14.7. The fourth-order valence-corrected chi connectivity index (χ4v) is 1.69. The van der Waals surface area contributed by atoms with Crippen LogP contribution in [-0.2, 0) is 16.0 Å². The minimum absolute atomic E-state index is 0.00529. The van der Waals surface area contributed by atoms with Gasteiger partial charge in [0, 0.05) is 6.42 Å². The summed E-state index contributed by atoms with van der Waals surface area (Å²) < 4.78 is 10.0. The van der Waals surface area contributed by atoms with Gasteiger partial charge in [-0.3, -0.25) is 4.79 Å². The molecule has 4 nitrogen and oxygen atoms in total. The Morgan fingerprint density at radius 1 is 1.33 bits per heavy atom. The molecule has 0 atom stereocenters. The molecule has 0 aliphatic rings. The third kappa shape index (κ3) is 3.84. The number of methoxy groups -OCH3 is 1. The number of benzene rings is 1. The molecular formula is C13H15BrO4. The van der Waals surface area contributed by atoms with Crippen molar-refractivity contribution in [2.75, 3.05) is 19.0 Å². The largest absolute Gasteiger partial charge is 0.497 e. The molecule has 0 N–H and O–H groups in total. The SMILES string of the molecule is CCOC(=O)c1cc(OC)ccc1CC(=O)CBr. The second kappa shape index (κ2) is 7.16. The quantitative estimate of drug-likeness (QED) is 0.597. The molecule has 0 radical (unpaired) electrons. The highest BCUT2D eigenvalue weighted by Gasteiger charge is 2.15. The summed E-state index contributed by atoms with van der Waals surface area (Å²) in [6, 6.07) is 5.03. The van der Waals surface area contributed by atoms with Crippen molar-refractivity contribution in [2.24, 2.45) is 0 Å². The van der Waals surface area contributed by atoms with Gasteiger partial charge < -0.3 is 9.47 Å². The van der Waals surface area contributed by atoms with Crippen LogP contribution < -0.4 is 4.74 Å². The summed E-state index contributed by atoms with van der Waals surface area (Å²) in [7, 11) is 1.52. The highest BCUT2D eigenvalue weighted by molar-refractivity contribution is 9.09. The normalized spacial score (nSPS) is 9.94. The van der Waals surface area contributed by atoms with Crippen molar-refractivity contribution in [2.45, 2.75) is 13.3 Å². The Bertz CT molecular complexity index is 443. The molecule has 1 rings (SSSR count). The van der Waals surface area contributed by atoms with Crippen LogP contribution in [0.1, 0.15) is 22.8 Å². The van der Waals surface area contributed by atoms with Crippen molar-refractivity contribution in [1.29, 1.82) is 0 Å². The second-order valence-corrected chi connectivity index (χ2v) is 4.15. The van der Waals surface area contributed by atoms with Crippen LogP contribution in [0.2, 0.25) is 0 Å². The van der Waals surface area contributed by atoms with Crippen LogP contribution in [-0.4, -0.2) is 30.8 Å². The summed E-state index contributed by atoms with van der Waals surface area (Å²) in [5, 5.41) is 0.265. The standard InChI is InChI=1S/C13H15BrO4/c1-3-18-13(16)12-7-11(17-2)5-4-9(12)6-10(15)8-14/h4-5,7H,3,6,8H2,1-2H3. The number of alkyl halides is 1. The van der Waals surface area contributed by atoms with Crippen molar-refractivity contribution < 1.29 is 19.1 Å². The van der Waals surface area contributed by atoms with E-state index in [1.54, 1.807) is 25.1 Å². The van der Waals surface area contributed by atoms with Crippen molar-refractivity contribution in [3.05, 3.63) is 29.3 Å². The first-order valence-corrected chi connectivity index (χ1v) is 6.66. The summed E-state index contributed by atoms with van der Waals surface area (Å²) in [5.74, 6) is 0.132. The lowest BCUT2D eigenvalue weighted by molar-refractivity contribution is -0.115. The van der Waals surface area contributed by atoms with Crippen molar-refractivity contribution in [1.82, 2.24) is 0 Å². The third-order valence-corrected chi connectivity index (χ3v) is 2.97. The molecule has 0 heterocycles. The molecule has 0 aromatic heterocycles. The Morgan fingerprint density at radius 2 is 2.06 bits per heavy atom. The van der Waals surface area contributed by atoms with E-state index >= 15 is 0 Å². The molecule has 1 aromatic rings. The molecule has 0 aliphatic carbocycles. The molecule has 0 saturated heterocycles. The predicted octanol–water partition coefficient (Wildman–Crippen LogP) is 2.38. The number of hydrogen-bond acceptors (Lipinski definition) is 4. The average Bonchev–Trinajstić information content (AvgIpc) is 2.39. The average molecular weight is 315 g/mol. The number of halogens is 1. The van der Waals surface area contributed by atoms with Crippen molar-refractivity contribution >= 4 is 27.7 Å². The third-order valence-electron chi connectivity index (χ3n) is 2.35. The number of carbonyl (C=O) groups is 2. The molecule has 0 saturated carbocycles. The molecule has 1 aromatic carbocycles. The number of hydrogen-bond donors (Lipinski definition) is 0. The Labute approximate surface area is 114 Å². The van der Waals surface area contributed by atoms with Crippen LogP contribution in [0, 0.1) is 0 Å². The monoisotopic (exact) mass is 314 g/mol. The maximum absolute atomic E-state index is 11.8. The van der Waals surface area contributed by atoms with Gasteiger partial charge in [-0.05, 0) is 24.6 Å². The summed E-state index contributed by atoms with van der Waals surface area (Å²) >= 11 is 3.10. The van der Waals surface area contributed by atoms with Gasteiger partial charge in [0.05, 0.1) is 24.6 Å². The summed E-state index contributed by atoms with van der Waals surface area (Å²) in [6.45, 7) is 2.03. The zero-order chi connectivity index (χ0) is 13.5. The predicted molar refractivity (Wildman–Crippen MR) is 71.5 cm³/mol. The molecule has 0 spiro atoms. The Morgan fingerprint density at radius 3 is 2.61 bits per heavy atom. The lowest BCUT2D eigenvalue weighted by Gasteiger charge is -2.09. The summed E-state index contributed by atoms with van der Waals surface area (Å²) in [4.78, 5) is 23.2. The zero-order valence-corrected chi connectivity index (χ0v) is 12.0. The minimum Gasteiger partial charge on any atom is -0.497 e. The van der Waals surface area contributed by atoms with E-state index in [9.17, 15) is 9.59 Å². The molecule has 0 bridgehead atoms. The van der Waals surface area contributed by atoms with Gasteiger partial charge in [-0.25, -0.2) is 4.79 Å². The van der Waals surface area contributed by atoms with Gasteiger partial charge in [0.25, 0.3) is 0 Å². The van der Waals surface area contributed by atoms with Crippen molar-refractivity contribution in [3.8, 4) is 5.75 Å². The number of ether oxygens (including phenoxy) is 2. The van der Waals surface area contributed by atoms with Gasteiger partial charge in [-0.15, -0.1) is 0 Å². The van der Waals surface area contributed by atoms with E-state index in [1.807, 2.05) is 0 Å². The minimum atomic E-state index is -0.436. The molecule has 0 aliphatic heterocycles. The molecule has 98 valence electrons. The highest BCUT2D eigenvalue weighted by Crippen LogP contribution is 2.19. The maximum atomic E-state index is 11.8. The molecule has 0 unspecified atom stereocenters. The molecule has 18 heavy (non-hydrogen) atoms. The Hall–Kier alpha value is -1.36. The lowest BCUT2D eigenvalue weighted by Crippen LogP contribution is -2.12. The number of esters is 1. The topological polar surface area (TPSA) is 52.6 Å². The molecular weight excluding hydrogens is 300 g/mol. The second-order valence-electron chi connectivity index (χ2n) is 3.59. The smallest absolute Gasteiger partial charge is 0.338 e.